The number of furan rings is 1. The Morgan fingerprint density at radius 2 is 2.13 bits per heavy atom. The van der Waals surface area contributed by atoms with Crippen LogP contribution in [0, 0.1) is 5.92 Å². The van der Waals surface area contributed by atoms with E-state index in [-0.39, 0.29) is 11.7 Å². The Labute approximate surface area is 138 Å². The number of nitrogens with zero attached hydrogens (tertiary/aromatic N) is 2. The first-order chi connectivity index (χ1) is 11.2. The van der Waals surface area contributed by atoms with E-state index in [0.29, 0.717) is 18.3 Å². The summed E-state index contributed by atoms with van der Waals surface area (Å²) < 4.78 is 11.6. The number of fused-ring (bicyclic) bond motifs is 2. The molecule has 1 unspecified atom stereocenters. The number of piperidine rings is 3. The van der Waals surface area contributed by atoms with Crippen LogP contribution in [0.15, 0.2) is 34.3 Å². The maximum Gasteiger partial charge on any atom is 0.417 e. The zero-order chi connectivity index (χ0) is 15.4. The van der Waals surface area contributed by atoms with Gasteiger partial charge in [0.1, 0.15) is 11.9 Å². The quantitative estimate of drug-likeness (QED) is 0.846. The van der Waals surface area contributed by atoms with E-state index in [1.165, 1.54) is 0 Å². The van der Waals surface area contributed by atoms with E-state index in [4.69, 9.17) is 9.15 Å². The smallest absolute Gasteiger partial charge is 0.417 e. The molecule has 2 aromatic heterocycles. The summed E-state index contributed by atoms with van der Waals surface area (Å²) in [6.07, 6.45) is 3.70. The maximum absolute atomic E-state index is 12.4. The molecule has 4 fully saturated rings. The molecule has 6 heteroatoms. The summed E-state index contributed by atoms with van der Waals surface area (Å²) in [7, 11) is 0. The summed E-state index contributed by atoms with van der Waals surface area (Å²) in [6, 6.07) is 6.00. The molecule has 0 N–H and O–H groups in total. The first-order valence-electron chi connectivity index (χ1n) is 8.09. The van der Waals surface area contributed by atoms with Gasteiger partial charge in [-0.15, -0.1) is 11.3 Å². The zero-order valence-corrected chi connectivity index (χ0v) is 13.6. The highest BCUT2D eigenvalue weighted by molar-refractivity contribution is 7.13. The second kappa shape index (κ2) is 4.85. The van der Waals surface area contributed by atoms with E-state index in [2.05, 4.69) is 11.0 Å². The van der Waals surface area contributed by atoms with Crippen LogP contribution >= 0.6 is 11.3 Å². The van der Waals surface area contributed by atoms with Gasteiger partial charge in [0.2, 0.25) is 5.88 Å². The summed E-state index contributed by atoms with van der Waals surface area (Å²) in [6.45, 7) is 3.73. The van der Waals surface area contributed by atoms with Crippen molar-refractivity contribution in [3.8, 4) is 10.4 Å². The Bertz CT molecular complexity index is 733. The molecule has 5 nitrogen and oxygen atoms in total. The number of hydrogen-bond donors (Lipinski definition) is 0. The van der Waals surface area contributed by atoms with Crippen LogP contribution in [0.1, 0.15) is 12.8 Å². The van der Waals surface area contributed by atoms with Gasteiger partial charge in [0.05, 0.1) is 6.54 Å². The molecule has 2 aromatic rings. The van der Waals surface area contributed by atoms with Crippen LogP contribution in [0.5, 0.6) is 0 Å². The largest absolute Gasteiger partial charge is 0.448 e. The summed E-state index contributed by atoms with van der Waals surface area (Å²) in [4.78, 5) is 17.7. The fourth-order valence-corrected chi connectivity index (χ4v) is 4.92. The van der Waals surface area contributed by atoms with Crippen molar-refractivity contribution in [3.05, 3.63) is 29.8 Å². The average molecular weight is 330 g/mol. The van der Waals surface area contributed by atoms with Gasteiger partial charge < -0.3 is 9.15 Å². The molecule has 0 radical (unpaired) electrons. The second-order valence-corrected chi connectivity index (χ2v) is 7.67. The second-order valence-electron chi connectivity index (χ2n) is 6.72. The van der Waals surface area contributed by atoms with Gasteiger partial charge in [-0.25, -0.2) is 9.69 Å². The van der Waals surface area contributed by atoms with Crippen molar-refractivity contribution in [1.82, 2.24) is 4.90 Å². The first kappa shape index (κ1) is 13.6. The predicted molar refractivity (Wildman–Crippen MR) is 87.7 cm³/mol. The molecule has 0 aliphatic carbocycles. The minimum Gasteiger partial charge on any atom is -0.448 e. The van der Waals surface area contributed by atoms with Gasteiger partial charge in [0, 0.05) is 29.0 Å². The van der Waals surface area contributed by atoms with Crippen molar-refractivity contribution in [2.75, 3.05) is 31.1 Å². The monoisotopic (exact) mass is 330 g/mol. The first-order valence-corrected chi connectivity index (χ1v) is 8.97. The maximum atomic E-state index is 12.4. The van der Waals surface area contributed by atoms with E-state index in [9.17, 15) is 4.79 Å². The lowest BCUT2D eigenvalue weighted by Gasteiger charge is -2.49. The van der Waals surface area contributed by atoms with Crippen LogP contribution in [0.3, 0.4) is 0 Å². The lowest BCUT2D eigenvalue weighted by Crippen LogP contribution is -2.61. The Morgan fingerprint density at radius 1 is 1.26 bits per heavy atom. The lowest BCUT2D eigenvalue weighted by atomic mass is 9.75. The van der Waals surface area contributed by atoms with E-state index in [1.807, 2.05) is 17.5 Å². The summed E-state index contributed by atoms with van der Waals surface area (Å²) in [5.41, 5.74) is 0.668. The molecule has 4 aliphatic rings. The Balaban J connectivity index is 1.43. The van der Waals surface area contributed by atoms with E-state index < -0.39 is 0 Å². The molecule has 1 atom stereocenters. The molecule has 4 saturated heterocycles. The van der Waals surface area contributed by atoms with Gasteiger partial charge >= 0.3 is 6.09 Å². The molecule has 0 saturated carbocycles. The Kier molecular flexibility index (Phi) is 2.87. The van der Waals surface area contributed by atoms with Crippen molar-refractivity contribution >= 4 is 23.3 Å². The number of hydrogen-bond acceptors (Lipinski definition) is 5. The summed E-state index contributed by atoms with van der Waals surface area (Å²) in [5, 5.41) is 2.04. The minimum absolute atomic E-state index is 0.272. The number of ether oxygens (including phenoxy) is 1. The molecule has 4 aliphatic heterocycles. The van der Waals surface area contributed by atoms with Crippen molar-refractivity contribution in [2.24, 2.45) is 5.92 Å². The SMILES string of the molecule is O=C1OC2(CN3CCC2CC3)CN1c1cc(-c2cccs2)co1. The standard InChI is InChI=1S/C17H18N2O3S/c20-16-19(15-8-12(9-21-15)14-2-1-7-23-14)11-17(22-16)10-18-5-3-13(17)4-6-18/h1-2,7-9,13H,3-6,10-11H2. The van der Waals surface area contributed by atoms with Crippen molar-refractivity contribution in [2.45, 2.75) is 18.4 Å². The van der Waals surface area contributed by atoms with Gasteiger partial charge in [-0.3, -0.25) is 4.90 Å². The lowest BCUT2D eigenvalue weighted by molar-refractivity contribution is -0.0881. The topological polar surface area (TPSA) is 45.9 Å². The van der Waals surface area contributed by atoms with Gasteiger partial charge in [-0.1, -0.05) is 6.07 Å². The van der Waals surface area contributed by atoms with Crippen LogP contribution in [-0.2, 0) is 4.74 Å². The fourth-order valence-electron chi connectivity index (χ4n) is 4.22. The molecule has 2 bridgehead atoms. The van der Waals surface area contributed by atoms with E-state index in [1.54, 1.807) is 22.5 Å². The number of carbonyl (C=O) groups is 1. The summed E-state index contributed by atoms with van der Waals surface area (Å²) >= 11 is 1.66. The number of amides is 1. The Morgan fingerprint density at radius 3 is 2.83 bits per heavy atom. The molecule has 1 spiro atoms. The zero-order valence-electron chi connectivity index (χ0n) is 12.7. The molecular formula is C17H18N2O3S. The third kappa shape index (κ3) is 2.05. The fraction of sp³-hybridized carbons (Fsp3) is 0.471. The van der Waals surface area contributed by atoms with Crippen LogP contribution < -0.4 is 4.90 Å². The van der Waals surface area contributed by atoms with Crippen molar-refractivity contribution in [1.29, 1.82) is 0 Å². The molecule has 6 rings (SSSR count). The minimum atomic E-state index is -0.344. The van der Waals surface area contributed by atoms with Crippen LogP contribution in [-0.4, -0.2) is 42.8 Å². The number of anilines is 1. The molecule has 120 valence electrons. The van der Waals surface area contributed by atoms with E-state index in [0.717, 1.165) is 42.9 Å². The highest BCUT2D eigenvalue weighted by Gasteiger charge is 2.56. The molecular weight excluding hydrogens is 312 g/mol. The normalized spacial score (nSPS) is 32.7. The number of thiophene rings is 1. The van der Waals surface area contributed by atoms with Crippen LogP contribution in [0.4, 0.5) is 10.7 Å². The van der Waals surface area contributed by atoms with Crippen molar-refractivity contribution < 1.29 is 13.9 Å². The van der Waals surface area contributed by atoms with Crippen LogP contribution in [0.25, 0.3) is 10.4 Å². The molecule has 23 heavy (non-hydrogen) atoms. The molecule has 1 amide bonds. The predicted octanol–water partition coefficient (Wildman–Crippen LogP) is 3.43. The molecule has 6 heterocycles. The average Bonchev–Trinajstić information content (AvgIpc) is 3.28. The third-order valence-electron chi connectivity index (χ3n) is 5.42. The number of rotatable bonds is 2. The highest BCUT2D eigenvalue weighted by atomic mass is 32.1. The van der Waals surface area contributed by atoms with Gasteiger partial charge in [0.15, 0.2) is 0 Å². The van der Waals surface area contributed by atoms with Gasteiger partial charge in [-0.05, 0) is 37.4 Å². The Hall–Kier alpha value is -1.79. The van der Waals surface area contributed by atoms with E-state index >= 15 is 0 Å². The molecule has 0 aromatic carbocycles. The van der Waals surface area contributed by atoms with Crippen molar-refractivity contribution in [3.63, 3.8) is 0 Å². The number of carbonyl (C=O) groups excluding carboxylic acids is 1. The summed E-state index contributed by atoms with van der Waals surface area (Å²) in [5.74, 6) is 1.07. The van der Waals surface area contributed by atoms with Gasteiger partial charge in [0.25, 0.3) is 0 Å². The highest BCUT2D eigenvalue weighted by Crippen LogP contribution is 2.44. The third-order valence-corrected chi connectivity index (χ3v) is 6.34. The van der Waals surface area contributed by atoms with Gasteiger partial charge in [-0.2, -0.15) is 0 Å². The van der Waals surface area contributed by atoms with Crippen LogP contribution in [0.2, 0.25) is 0 Å².